The summed E-state index contributed by atoms with van der Waals surface area (Å²) in [6, 6.07) is 14.2. The highest BCUT2D eigenvalue weighted by molar-refractivity contribution is 7.15. The number of carbonyl (C=O) groups excluding carboxylic acids is 2. The monoisotopic (exact) mass is 440 g/mol. The maximum Gasteiger partial charge on any atom is 0.250 e. The average molecular weight is 441 g/mol. The summed E-state index contributed by atoms with van der Waals surface area (Å²) in [5, 5.41) is 9.55. The zero-order valence-corrected chi connectivity index (χ0v) is 17.5. The third-order valence-electron chi connectivity index (χ3n) is 4.44. The van der Waals surface area contributed by atoms with Crippen molar-refractivity contribution < 1.29 is 14.3 Å². The van der Waals surface area contributed by atoms with Gasteiger partial charge in [-0.1, -0.05) is 23.7 Å². The van der Waals surface area contributed by atoms with Gasteiger partial charge in [-0.2, -0.15) is 4.98 Å². The number of amides is 1. The molecule has 0 aliphatic heterocycles. The summed E-state index contributed by atoms with van der Waals surface area (Å²) in [5.74, 6) is 0.500. The normalized spacial score (nSPS) is 10.9. The van der Waals surface area contributed by atoms with Crippen LogP contribution in [0.5, 0.6) is 5.75 Å². The van der Waals surface area contributed by atoms with Crippen LogP contribution in [-0.4, -0.2) is 33.4 Å². The first kappa shape index (κ1) is 20.1. The zero-order chi connectivity index (χ0) is 21.1. The second kappa shape index (κ2) is 8.64. The van der Waals surface area contributed by atoms with E-state index in [0.717, 1.165) is 17.0 Å². The van der Waals surface area contributed by atoms with Crippen LogP contribution in [-0.2, 0) is 4.79 Å². The quantitative estimate of drug-likeness (QED) is 0.420. The average Bonchev–Trinajstić information content (AvgIpc) is 3.32. The molecule has 0 saturated heterocycles. The van der Waals surface area contributed by atoms with Crippen LogP contribution in [0.15, 0.2) is 53.9 Å². The predicted molar refractivity (Wildman–Crippen MR) is 116 cm³/mol. The van der Waals surface area contributed by atoms with E-state index in [1.165, 1.54) is 11.3 Å². The number of anilines is 1. The molecule has 0 atom stereocenters. The number of Topliss-reactive ketones (excluding diaryl/α,β-unsaturated/α-hetero) is 1. The fourth-order valence-electron chi connectivity index (χ4n) is 2.91. The Morgan fingerprint density at radius 3 is 2.73 bits per heavy atom. The second-order valence-electron chi connectivity index (χ2n) is 6.46. The fourth-order valence-corrected chi connectivity index (χ4v) is 3.87. The minimum absolute atomic E-state index is 0.0387. The molecule has 2 aromatic carbocycles. The Kier molecular flexibility index (Phi) is 5.78. The number of nitrogens with zero attached hydrogens (tertiary/aromatic N) is 3. The lowest BCUT2D eigenvalue weighted by Gasteiger charge is -2.03. The molecule has 0 aliphatic rings. The second-order valence-corrected chi connectivity index (χ2v) is 7.73. The number of thiazole rings is 1. The molecule has 7 nitrogen and oxygen atoms in total. The van der Waals surface area contributed by atoms with Crippen molar-refractivity contribution in [3.05, 3.63) is 64.5 Å². The molecule has 0 saturated carbocycles. The first-order valence-electron chi connectivity index (χ1n) is 9.11. The van der Waals surface area contributed by atoms with Gasteiger partial charge in [0.05, 0.1) is 12.8 Å². The molecule has 4 rings (SSSR count). The lowest BCUT2D eigenvalue weighted by Crippen LogP contribution is -2.14. The van der Waals surface area contributed by atoms with E-state index < -0.39 is 0 Å². The molecule has 0 aliphatic carbocycles. The van der Waals surface area contributed by atoms with Gasteiger partial charge in [-0.05, 0) is 36.4 Å². The summed E-state index contributed by atoms with van der Waals surface area (Å²) in [6.07, 6.45) is 0.127. The van der Waals surface area contributed by atoms with Gasteiger partial charge >= 0.3 is 0 Å². The van der Waals surface area contributed by atoms with E-state index in [9.17, 15) is 9.59 Å². The molecule has 0 unspecified atom stereocenters. The number of aromatic nitrogens is 3. The van der Waals surface area contributed by atoms with Gasteiger partial charge in [-0.15, -0.1) is 16.4 Å². The van der Waals surface area contributed by atoms with Crippen LogP contribution in [0.1, 0.15) is 23.2 Å². The molecular weight excluding hydrogens is 424 g/mol. The van der Waals surface area contributed by atoms with Gasteiger partial charge in [-0.25, -0.2) is 4.52 Å². The maximum atomic E-state index is 12.3. The van der Waals surface area contributed by atoms with Crippen molar-refractivity contribution in [1.29, 1.82) is 0 Å². The molecule has 2 heterocycles. The minimum Gasteiger partial charge on any atom is -0.497 e. The molecule has 30 heavy (non-hydrogen) atoms. The van der Waals surface area contributed by atoms with Crippen molar-refractivity contribution in [2.75, 3.05) is 12.4 Å². The summed E-state index contributed by atoms with van der Waals surface area (Å²) < 4.78 is 6.95. The minimum atomic E-state index is -0.321. The molecular formula is C21H17ClN4O3S. The SMILES string of the molecule is COc1cccc(-c2csc3nc(NC(=O)CCC(=O)c4ccc(Cl)cc4)nn23)c1. The molecule has 0 spiro atoms. The molecule has 152 valence electrons. The van der Waals surface area contributed by atoms with E-state index in [-0.39, 0.29) is 30.5 Å². The van der Waals surface area contributed by atoms with Crippen molar-refractivity contribution in [2.24, 2.45) is 0 Å². The van der Waals surface area contributed by atoms with Crippen molar-refractivity contribution >= 4 is 45.5 Å². The van der Waals surface area contributed by atoms with Gasteiger partial charge < -0.3 is 4.74 Å². The smallest absolute Gasteiger partial charge is 0.250 e. The third kappa shape index (κ3) is 4.34. The predicted octanol–water partition coefficient (Wildman–Crippen LogP) is 4.72. The number of rotatable bonds is 7. The number of halogens is 1. The molecule has 1 N–H and O–H groups in total. The van der Waals surface area contributed by atoms with Crippen molar-refractivity contribution in [3.8, 4) is 17.0 Å². The van der Waals surface area contributed by atoms with Gasteiger partial charge in [0.25, 0.3) is 0 Å². The van der Waals surface area contributed by atoms with Crippen LogP contribution in [0.4, 0.5) is 5.95 Å². The van der Waals surface area contributed by atoms with Gasteiger partial charge in [0.1, 0.15) is 5.75 Å². The van der Waals surface area contributed by atoms with Crippen molar-refractivity contribution in [3.63, 3.8) is 0 Å². The Hall–Kier alpha value is -3.23. The highest BCUT2D eigenvalue weighted by Gasteiger charge is 2.15. The summed E-state index contributed by atoms with van der Waals surface area (Å²) >= 11 is 7.25. The van der Waals surface area contributed by atoms with E-state index in [0.29, 0.717) is 15.5 Å². The number of fused-ring (bicyclic) bond motifs is 1. The summed E-state index contributed by atoms with van der Waals surface area (Å²) in [4.78, 5) is 29.4. The van der Waals surface area contributed by atoms with Gasteiger partial charge in [0.15, 0.2) is 5.78 Å². The topological polar surface area (TPSA) is 85.6 Å². The Morgan fingerprint density at radius 1 is 1.17 bits per heavy atom. The highest BCUT2D eigenvalue weighted by atomic mass is 35.5. The van der Waals surface area contributed by atoms with E-state index in [1.54, 1.807) is 35.9 Å². The first-order valence-corrected chi connectivity index (χ1v) is 10.4. The summed E-state index contributed by atoms with van der Waals surface area (Å²) in [7, 11) is 1.61. The number of benzene rings is 2. The number of methoxy groups -OCH3 is 1. The lowest BCUT2D eigenvalue weighted by molar-refractivity contribution is -0.116. The number of hydrogen-bond donors (Lipinski definition) is 1. The van der Waals surface area contributed by atoms with E-state index in [4.69, 9.17) is 16.3 Å². The first-order chi connectivity index (χ1) is 14.5. The van der Waals surface area contributed by atoms with Crippen LogP contribution >= 0.6 is 22.9 Å². The lowest BCUT2D eigenvalue weighted by atomic mass is 10.1. The standard InChI is InChI=1S/C21H17ClN4O3S/c1-29-16-4-2-3-14(11-16)17-12-30-21-24-20(25-26(17)21)23-19(28)10-9-18(27)13-5-7-15(22)8-6-13/h2-8,11-12H,9-10H2,1H3,(H,23,25,28). The number of ether oxygens (including phenoxy) is 1. The molecule has 4 aromatic rings. The molecule has 0 fully saturated rings. The zero-order valence-electron chi connectivity index (χ0n) is 16.0. The van der Waals surface area contributed by atoms with E-state index in [2.05, 4.69) is 15.4 Å². The van der Waals surface area contributed by atoms with Crippen LogP contribution in [0.2, 0.25) is 5.02 Å². The molecule has 0 bridgehead atoms. The number of carbonyl (C=O) groups is 2. The van der Waals surface area contributed by atoms with Gasteiger partial charge in [0, 0.05) is 34.4 Å². The Balaban J connectivity index is 1.42. The van der Waals surface area contributed by atoms with Crippen molar-refractivity contribution in [1.82, 2.24) is 14.6 Å². The maximum absolute atomic E-state index is 12.3. The van der Waals surface area contributed by atoms with Crippen LogP contribution in [0.3, 0.4) is 0 Å². The van der Waals surface area contributed by atoms with Gasteiger partial charge in [-0.3, -0.25) is 14.9 Å². The fraction of sp³-hybridized carbons (Fsp3) is 0.143. The molecule has 0 radical (unpaired) electrons. The Bertz CT molecular complexity index is 1220. The van der Waals surface area contributed by atoms with Gasteiger partial charge in [0.2, 0.25) is 16.8 Å². The van der Waals surface area contributed by atoms with Crippen molar-refractivity contribution in [2.45, 2.75) is 12.8 Å². The van der Waals surface area contributed by atoms with Crippen LogP contribution in [0, 0.1) is 0 Å². The van der Waals surface area contributed by atoms with E-state index >= 15 is 0 Å². The van der Waals surface area contributed by atoms with E-state index in [1.807, 2.05) is 29.6 Å². The molecule has 2 aromatic heterocycles. The van der Waals surface area contributed by atoms with Crippen LogP contribution < -0.4 is 10.1 Å². The summed E-state index contributed by atoms with van der Waals surface area (Å²) in [6.45, 7) is 0. The molecule has 9 heteroatoms. The van der Waals surface area contributed by atoms with Crippen LogP contribution in [0.25, 0.3) is 16.2 Å². The Morgan fingerprint density at radius 2 is 1.97 bits per heavy atom. The largest absolute Gasteiger partial charge is 0.497 e. The Labute approximate surface area is 181 Å². The highest BCUT2D eigenvalue weighted by Crippen LogP contribution is 2.28. The number of ketones is 1. The summed E-state index contributed by atoms with van der Waals surface area (Å²) in [5.41, 5.74) is 2.30. The third-order valence-corrected chi connectivity index (χ3v) is 5.51. The molecule has 1 amide bonds. The number of nitrogens with one attached hydrogen (secondary N) is 1. The number of hydrogen-bond acceptors (Lipinski definition) is 6.